The van der Waals surface area contributed by atoms with Crippen molar-refractivity contribution in [1.82, 2.24) is 9.97 Å². The van der Waals surface area contributed by atoms with Gasteiger partial charge in [0.25, 0.3) is 0 Å². The Balaban J connectivity index is 2.93. The van der Waals surface area contributed by atoms with Gasteiger partial charge in [0.1, 0.15) is 18.1 Å². The second kappa shape index (κ2) is 4.52. The van der Waals surface area contributed by atoms with Crippen molar-refractivity contribution in [2.75, 3.05) is 12.3 Å². The fourth-order valence-electron chi connectivity index (χ4n) is 1.14. The monoisotopic (exact) mass is 196 g/mol. The van der Waals surface area contributed by atoms with E-state index in [4.69, 9.17) is 16.6 Å². The maximum absolute atomic E-state index is 10.8. The highest BCUT2D eigenvalue weighted by molar-refractivity contribution is 5.75. The van der Waals surface area contributed by atoms with Crippen molar-refractivity contribution < 1.29 is 9.90 Å². The van der Waals surface area contributed by atoms with E-state index < -0.39 is 11.9 Å². The van der Waals surface area contributed by atoms with Crippen molar-refractivity contribution in [2.24, 2.45) is 5.73 Å². The number of hydrogen-bond acceptors (Lipinski definition) is 5. The summed E-state index contributed by atoms with van der Waals surface area (Å²) in [5.41, 5.74) is 11.1. The van der Waals surface area contributed by atoms with Gasteiger partial charge in [0.2, 0.25) is 0 Å². The number of hydrogen-bond donors (Lipinski definition) is 3. The Hall–Kier alpha value is -1.69. The lowest BCUT2D eigenvalue weighted by atomic mass is 10.0. The highest BCUT2D eigenvalue weighted by Gasteiger charge is 2.20. The van der Waals surface area contributed by atoms with E-state index in [1.165, 1.54) is 12.4 Å². The number of nitrogens with two attached hydrogens (primary N) is 2. The Morgan fingerprint density at radius 1 is 1.57 bits per heavy atom. The van der Waals surface area contributed by atoms with Crippen LogP contribution in [0.15, 0.2) is 12.4 Å². The molecule has 0 aliphatic heterocycles. The zero-order valence-corrected chi connectivity index (χ0v) is 7.55. The smallest absolute Gasteiger partial charge is 0.312 e. The molecule has 14 heavy (non-hydrogen) atoms. The molecule has 0 fully saturated rings. The number of carboxylic acid groups (broad SMARTS) is 1. The predicted octanol–water partition coefficient (Wildman–Crippen LogP) is -0.424. The first-order chi connectivity index (χ1) is 6.65. The molecule has 1 aromatic heterocycles. The maximum Gasteiger partial charge on any atom is 0.312 e. The van der Waals surface area contributed by atoms with Crippen molar-refractivity contribution in [3.63, 3.8) is 0 Å². The molecule has 76 valence electrons. The topological polar surface area (TPSA) is 115 Å². The standard InChI is InChI=1S/C8H12N4O2/c9-2-1-5(8(13)14)6-3-7(10)12-4-11-6/h3-5H,1-2,9H2,(H,13,14)(H2,10,11,12). The van der Waals surface area contributed by atoms with Gasteiger partial charge in [-0.05, 0) is 13.0 Å². The molecule has 1 heterocycles. The third-order valence-electron chi connectivity index (χ3n) is 1.82. The highest BCUT2D eigenvalue weighted by atomic mass is 16.4. The Morgan fingerprint density at radius 3 is 2.79 bits per heavy atom. The minimum absolute atomic E-state index is 0.262. The number of nitrogens with zero attached hydrogens (tertiary/aromatic N) is 2. The van der Waals surface area contributed by atoms with Crippen LogP contribution >= 0.6 is 0 Å². The molecule has 0 saturated heterocycles. The fraction of sp³-hybridized carbons (Fsp3) is 0.375. The summed E-state index contributed by atoms with van der Waals surface area (Å²) in [6.45, 7) is 0.293. The van der Waals surface area contributed by atoms with Crippen LogP contribution in [-0.2, 0) is 4.79 Å². The molecule has 0 radical (unpaired) electrons. The second-order valence-electron chi connectivity index (χ2n) is 2.84. The number of rotatable bonds is 4. The average molecular weight is 196 g/mol. The molecule has 1 aromatic rings. The van der Waals surface area contributed by atoms with Crippen LogP contribution in [0, 0.1) is 0 Å². The number of carbonyl (C=O) groups is 1. The van der Waals surface area contributed by atoms with Crippen LogP contribution < -0.4 is 11.5 Å². The second-order valence-corrected chi connectivity index (χ2v) is 2.84. The molecule has 1 atom stereocenters. The first kappa shape index (κ1) is 10.4. The summed E-state index contributed by atoms with van der Waals surface area (Å²) in [6, 6.07) is 1.45. The summed E-state index contributed by atoms with van der Waals surface area (Å²) in [4.78, 5) is 18.4. The van der Waals surface area contributed by atoms with E-state index in [9.17, 15) is 4.79 Å². The van der Waals surface area contributed by atoms with Crippen LogP contribution in [-0.4, -0.2) is 27.6 Å². The maximum atomic E-state index is 10.8. The Bertz CT molecular complexity index is 329. The first-order valence-corrected chi connectivity index (χ1v) is 4.15. The number of aromatic nitrogens is 2. The van der Waals surface area contributed by atoms with Gasteiger partial charge in [-0.3, -0.25) is 4.79 Å². The molecular weight excluding hydrogens is 184 g/mol. The number of nitrogen functional groups attached to an aromatic ring is 1. The van der Waals surface area contributed by atoms with Gasteiger partial charge < -0.3 is 16.6 Å². The molecule has 6 nitrogen and oxygen atoms in total. The van der Waals surface area contributed by atoms with Crippen molar-refractivity contribution in [3.8, 4) is 0 Å². The van der Waals surface area contributed by atoms with E-state index in [0.29, 0.717) is 18.7 Å². The van der Waals surface area contributed by atoms with Crippen molar-refractivity contribution in [2.45, 2.75) is 12.3 Å². The summed E-state index contributed by atoms with van der Waals surface area (Å²) in [5, 5.41) is 8.89. The summed E-state index contributed by atoms with van der Waals surface area (Å²) in [5.74, 6) is -1.39. The number of aliphatic carboxylic acids is 1. The quantitative estimate of drug-likeness (QED) is 0.602. The minimum atomic E-state index is -0.950. The third kappa shape index (κ3) is 2.40. The first-order valence-electron chi connectivity index (χ1n) is 4.15. The molecule has 0 bridgehead atoms. The van der Waals surface area contributed by atoms with E-state index in [0.717, 1.165) is 0 Å². The predicted molar refractivity (Wildman–Crippen MR) is 50.5 cm³/mol. The lowest BCUT2D eigenvalue weighted by Gasteiger charge is -2.09. The fourth-order valence-corrected chi connectivity index (χ4v) is 1.14. The average Bonchev–Trinajstić information content (AvgIpc) is 2.13. The van der Waals surface area contributed by atoms with Gasteiger partial charge >= 0.3 is 5.97 Å². The SMILES string of the molecule is NCCC(C(=O)O)c1cc(N)ncn1. The van der Waals surface area contributed by atoms with E-state index in [2.05, 4.69) is 9.97 Å². The van der Waals surface area contributed by atoms with Crippen molar-refractivity contribution in [1.29, 1.82) is 0 Å². The molecule has 1 rings (SSSR count). The molecular formula is C8H12N4O2. The van der Waals surface area contributed by atoms with Gasteiger partial charge in [-0.15, -0.1) is 0 Å². The zero-order chi connectivity index (χ0) is 10.6. The Kier molecular flexibility index (Phi) is 3.35. The van der Waals surface area contributed by atoms with Gasteiger partial charge in [-0.1, -0.05) is 0 Å². The van der Waals surface area contributed by atoms with E-state index in [1.54, 1.807) is 0 Å². The lowest BCUT2D eigenvalue weighted by molar-refractivity contribution is -0.139. The lowest BCUT2D eigenvalue weighted by Crippen LogP contribution is -2.17. The van der Waals surface area contributed by atoms with Crippen LogP contribution in [0.1, 0.15) is 18.0 Å². The summed E-state index contributed by atoms with van der Waals surface area (Å²) in [6.07, 6.45) is 1.59. The van der Waals surface area contributed by atoms with Gasteiger partial charge in [0.15, 0.2) is 0 Å². The molecule has 6 heteroatoms. The summed E-state index contributed by atoms with van der Waals surface area (Å²) < 4.78 is 0. The van der Waals surface area contributed by atoms with E-state index >= 15 is 0 Å². The zero-order valence-electron chi connectivity index (χ0n) is 7.55. The van der Waals surface area contributed by atoms with E-state index in [1.807, 2.05) is 0 Å². The number of anilines is 1. The van der Waals surface area contributed by atoms with Gasteiger partial charge in [0.05, 0.1) is 5.69 Å². The van der Waals surface area contributed by atoms with Crippen molar-refractivity contribution >= 4 is 11.8 Å². The van der Waals surface area contributed by atoms with Gasteiger partial charge in [-0.2, -0.15) is 0 Å². The molecule has 0 amide bonds. The van der Waals surface area contributed by atoms with Crippen LogP contribution in [0.5, 0.6) is 0 Å². The molecule has 1 unspecified atom stereocenters. The largest absolute Gasteiger partial charge is 0.481 e. The summed E-state index contributed by atoms with van der Waals surface area (Å²) in [7, 11) is 0. The Morgan fingerprint density at radius 2 is 2.29 bits per heavy atom. The van der Waals surface area contributed by atoms with Gasteiger partial charge in [-0.25, -0.2) is 9.97 Å². The Labute approximate surface area is 81.0 Å². The molecule has 0 saturated carbocycles. The van der Waals surface area contributed by atoms with Gasteiger partial charge in [0, 0.05) is 6.07 Å². The highest BCUT2D eigenvalue weighted by Crippen LogP contribution is 2.17. The van der Waals surface area contributed by atoms with Crippen LogP contribution in [0.25, 0.3) is 0 Å². The molecule has 0 spiro atoms. The third-order valence-corrected chi connectivity index (χ3v) is 1.82. The molecule has 0 aromatic carbocycles. The van der Waals surface area contributed by atoms with Crippen LogP contribution in [0.4, 0.5) is 5.82 Å². The number of carboxylic acids is 1. The van der Waals surface area contributed by atoms with E-state index in [-0.39, 0.29) is 5.82 Å². The van der Waals surface area contributed by atoms with Crippen LogP contribution in [0.3, 0.4) is 0 Å². The molecule has 0 aliphatic rings. The molecule has 5 N–H and O–H groups in total. The van der Waals surface area contributed by atoms with Crippen LogP contribution in [0.2, 0.25) is 0 Å². The van der Waals surface area contributed by atoms with Crippen molar-refractivity contribution in [3.05, 3.63) is 18.1 Å². The normalized spacial score (nSPS) is 12.4. The summed E-state index contributed by atoms with van der Waals surface area (Å²) >= 11 is 0. The molecule has 0 aliphatic carbocycles. The minimum Gasteiger partial charge on any atom is -0.481 e.